The average molecular weight is 360 g/mol. The molecule has 6 heteroatoms. The lowest BCUT2D eigenvalue weighted by atomic mass is 9.92. The molecule has 2 aromatic rings. The molecule has 0 heterocycles. The van der Waals surface area contributed by atoms with Crippen molar-refractivity contribution < 1.29 is 14.3 Å². The molecule has 0 amide bonds. The van der Waals surface area contributed by atoms with Gasteiger partial charge >= 0.3 is 5.97 Å². The molecule has 0 aliphatic carbocycles. The van der Waals surface area contributed by atoms with Crippen molar-refractivity contribution in [1.82, 2.24) is 0 Å². The van der Waals surface area contributed by atoms with Gasteiger partial charge in [0.25, 0.3) is 0 Å². The Morgan fingerprint density at radius 3 is 1.79 bits per heavy atom. The molecule has 0 N–H and O–H groups in total. The normalized spacial score (nSPS) is 11.2. The molecule has 0 spiro atoms. The molecular formula is C18H11Cl2NO3. The Bertz CT molecular complexity index is 847. The highest BCUT2D eigenvalue weighted by Gasteiger charge is 2.24. The molecule has 24 heavy (non-hydrogen) atoms. The molecular weight excluding hydrogens is 349 g/mol. The van der Waals surface area contributed by atoms with Crippen LogP contribution in [0, 0.1) is 11.3 Å². The van der Waals surface area contributed by atoms with Crippen molar-refractivity contribution in [2.75, 3.05) is 7.11 Å². The van der Waals surface area contributed by atoms with Crippen LogP contribution in [0.1, 0.15) is 15.9 Å². The minimum Gasteiger partial charge on any atom is -0.465 e. The van der Waals surface area contributed by atoms with Crippen LogP contribution < -0.4 is 0 Å². The number of nitrogens with zero attached hydrogens (tertiary/aromatic N) is 1. The maximum atomic E-state index is 12.9. The number of ketones is 1. The largest absolute Gasteiger partial charge is 0.465 e. The van der Waals surface area contributed by atoms with Gasteiger partial charge in [0.15, 0.2) is 5.78 Å². The van der Waals surface area contributed by atoms with Crippen LogP contribution in [0.5, 0.6) is 0 Å². The van der Waals surface area contributed by atoms with E-state index in [4.69, 9.17) is 23.2 Å². The molecule has 0 unspecified atom stereocenters. The SMILES string of the molecule is COC(=O)C(C#N)=C(C(=O)c1ccc(Cl)cc1)c1ccc(Cl)cc1. The minimum absolute atomic E-state index is 0.0525. The van der Waals surface area contributed by atoms with Gasteiger partial charge in [-0.2, -0.15) is 5.26 Å². The Kier molecular flexibility index (Phi) is 5.75. The van der Waals surface area contributed by atoms with E-state index in [1.165, 1.54) is 12.1 Å². The number of rotatable bonds is 4. The van der Waals surface area contributed by atoms with Gasteiger partial charge in [-0.25, -0.2) is 4.79 Å². The molecule has 0 bridgehead atoms. The molecule has 120 valence electrons. The standard InChI is InChI=1S/C18H11Cl2NO3/c1-24-18(23)15(10-21)16(11-2-6-13(19)7-3-11)17(22)12-4-8-14(20)9-5-12/h2-9H,1H3. The van der Waals surface area contributed by atoms with Gasteiger partial charge in [-0.05, 0) is 42.0 Å². The summed E-state index contributed by atoms with van der Waals surface area (Å²) in [5.74, 6) is -1.37. The Labute approximate surface area is 148 Å². The number of hydrogen-bond donors (Lipinski definition) is 0. The highest BCUT2D eigenvalue weighted by atomic mass is 35.5. The van der Waals surface area contributed by atoms with Crippen LogP contribution in [0.15, 0.2) is 54.1 Å². The van der Waals surface area contributed by atoms with Gasteiger partial charge in [0.1, 0.15) is 11.6 Å². The van der Waals surface area contributed by atoms with E-state index in [9.17, 15) is 14.9 Å². The summed E-state index contributed by atoms with van der Waals surface area (Å²) < 4.78 is 4.62. The van der Waals surface area contributed by atoms with E-state index in [2.05, 4.69) is 4.74 Å². The zero-order valence-corrected chi connectivity index (χ0v) is 14.1. The summed E-state index contributed by atoms with van der Waals surface area (Å²) in [6, 6.07) is 14.2. The highest BCUT2D eigenvalue weighted by Crippen LogP contribution is 2.26. The number of allylic oxidation sites excluding steroid dienone is 1. The Morgan fingerprint density at radius 1 is 0.917 bits per heavy atom. The van der Waals surface area contributed by atoms with E-state index >= 15 is 0 Å². The summed E-state index contributed by atoms with van der Waals surface area (Å²) in [6.45, 7) is 0. The van der Waals surface area contributed by atoms with Gasteiger partial charge in [-0.1, -0.05) is 35.3 Å². The van der Waals surface area contributed by atoms with E-state index in [1.54, 1.807) is 42.5 Å². The summed E-state index contributed by atoms with van der Waals surface area (Å²) >= 11 is 11.7. The third-order valence-corrected chi connectivity index (χ3v) is 3.72. The van der Waals surface area contributed by atoms with Crippen LogP contribution in [0.3, 0.4) is 0 Å². The summed E-state index contributed by atoms with van der Waals surface area (Å²) in [5, 5.41) is 10.3. The van der Waals surface area contributed by atoms with Crippen LogP contribution in [-0.2, 0) is 9.53 Å². The van der Waals surface area contributed by atoms with Gasteiger partial charge in [-0.15, -0.1) is 0 Å². The second-order valence-electron chi connectivity index (χ2n) is 4.70. The topological polar surface area (TPSA) is 67.2 Å². The van der Waals surface area contributed by atoms with Crippen molar-refractivity contribution in [2.24, 2.45) is 0 Å². The number of carbonyl (C=O) groups excluding carboxylic acids is 2. The summed E-state index contributed by atoms with van der Waals surface area (Å²) in [5.41, 5.74) is 0.255. The molecule has 4 nitrogen and oxygen atoms in total. The Balaban J connectivity index is 2.67. The van der Waals surface area contributed by atoms with Crippen LogP contribution >= 0.6 is 23.2 Å². The first kappa shape index (κ1) is 17.7. The van der Waals surface area contributed by atoms with Crippen molar-refractivity contribution in [2.45, 2.75) is 0 Å². The first-order valence-electron chi connectivity index (χ1n) is 6.76. The van der Waals surface area contributed by atoms with Gasteiger partial charge in [0.05, 0.1) is 12.7 Å². The van der Waals surface area contributed by atoms with Crippen molar-refractivity contribution >= 4 is 40.5 Å². The number of halogens is 2. The zero-order valence-electron chi connectivity index (χ0n) is 12.5. The van der Waals surface area contributed by atoms with Gasteiger partial charge in [-0.3, -0.25) is 4.79 Å². The van der Waals surface area contributed by atoms with Crippen molar-refractivity contribution in [3.8, 4) is 6.07 Å². The minimum atomic E-state index is -0.884. The molecule has 0 aliphatic rings. The number of hydrogen-bond acceptors (Lipinski definition) is 4. The van der Waals surface area contributed by atoms with E-state index < -0.39 is 11.8 Å². The van der Waals surface area contributed by atoms with E-state index in [1.807, 2.05) is 0 Å². The quantitative estimate of drug-likeness (QED) is 0.352. The number of ether oxygens (including phenoxy) is 1. The summed E-state index contributed by atoms with van der Waals surface area (Å²) in [4.78, 5) is 24.8. The predicted octanol–water partition coefficient (Wildman–Crippen LogP) is 4.33. The molecule has 0 aliphatic heterocycles. The first-order chi connectivity index (χ1) is 11.5. The molecule has 0 aromatic heterocycles. The zero-order chi connectivity index (χ0) is 17.7. The summed E-state index contributed by atoms with van der Waals surface area (Å²) in [6.07, 6.45) is 0. The van der Waals surface area contributed by atoms with E-state index in [0.717, 1.165) is 7.11 Å². The van der Waals surface area contributed by atoms with Crippen LogP contribution in [0.25, 0.3) is 5.57 Å². The van der Waals surface area contributed by atoms with E-state index in [0.29, 0.717) is 21.2 Å². The second-order valence-corrected chi connectivity index (χ2v) is 5.57. The molecule has 2 rings (SSSR count). The van der Waals surface area contributed by atoms with Crippen molar-refractivity contribution in [3.63, 3.8) is 0 Å². The highest BCUT2D eigenvalue weighted by molar-refractivity contribution is 6.35. The van der Waals surface area contributed by atoms with Gasteiger partial charge in [0, 0.05) is 15.6 Å². The van der Waals surface area contributed by atoms with Crippen LogP contribution in [0.4, 0.5) is 0 Å². The molecule has 0 saturated heterocycles. The lowest BCUT2D eigenvalue weighted by Crippen LogP contribution is -2.12. The molecule has 0 saturated carbocycles. The van der Waals surface area contributed by atoms with Gasteiger partial charge < -0.3 is 4.74 Å². The van der Waals surface area contributed by atoms with Crippen LogP contribution in [-0.4, -0.2) is 18.9 Å². The molecule has 0 fully saturated rings. The van der Waals surface area contributed by atoms with E-state index in [-0.39, 0.29) is 11.1 Å². The van der Waals surface area contributed by atoms with Crippen molar-refractivity contribution in [3.05, 3.63) is 75.3 Å². The average Bonchev–Trinajstić information content (AvgIpc) is 2.60. The lowest BCUT2D eigenvalue weighted by molar-refractivity contribution is -0.135. The molecule has 0 radical (unpaired) electrons. The lowest BCUT2D eigenvalue weighted by Gasteiger charge is -2.10. The number of carbonyl (C=O) groups is 2. The molecule has 2 aromatic carbocycles. The monoisotopic (exact) mass is 359 g/mol. The number of Topliss-reactive ketones (excluding diaryl/α,β-unsaturated/α-hetero) is 1. The fourth-order valence-corrected chi connectivity index (χ4v) is 2.31. The number of esters is 1. The van der Waals surface area contributed by atoms with Crippen molar-refractivity contribution in [1.29, 1.82) is 5.26 Å². The Hall–Kier alpha value is -2.61. The maximum Gasteiger partial charge on any atom is 0.349 e. The first-order valence-corrected chi connectivity index (χ1v) is 7.52. The number of benzene rings is 2. The van der Waals surface area contributed by atoms with Crippen LogP contribution in [0.2, 0.25) is 10.0 Å². The Morgan fingerprint density at radius 2 is 1.38 bits per heavy atom. The molecule has 0 atom stereocenters. The second kappa shape index (κ2) is 7.78. The fraction of sp³-hybridized carbons (Fsp3) is 0.0556. The number of nitriles is 1. The predicted molar refractivity (Wildman–Crippen MR) is 91.8 cm³/mol. The maximum absolute atomic E-state index is 12.9. The third-order valence-electron chi connectivity index (χ3n) is 3.22. The number of methoxy groups -OCH3 is 1. The van der Waals surface area contributed by atoms with Gasteiger partial charge in [0.2, 0.25) is 0 Å². The smallest absolute Gasteiger partial charge is 0.349 e. The fourth-order valence-electron chi connectivity index (χ4n) is 2.06. The summed E-state index contributed by atoms with van der Waals surface area (Å²) in [7, 11) is 1.14. The third kappa shape index (κ3) is 3.83.